The lowest BCUT2D eigenvalue weighted by molar-refractivity contribution is 0.444. The number of aryl methyl sites for hydroxylation is 1. The Labute approximate surface area is 108 Å². The molecule has 1 N–H and O–H groups in total. The van der Waals surface area contributed by atoms with Crippen molar-refractivity contribution in [3.63, 3.8) is 0 Å². The van der Waals surface area contributed by atoms with Gasteiger partial charge >= 0.3 is 0 Å². The quantitative estimate of drug-likeness (QED) is 0.669. The van der Waals surface area contributed by atoms with Crippen molar-refractivity contribution in [3.8, 4) is 0 Å². The van der Waals surface area contributed by atoms with Crippen LogP contribution in [0.25, 0.3) is 15.7 Å². The number of aromatic amines is 1. The van der Waals surface area contributed by atoms with Gasteiger partial charge in [0.05, 0.1) is 6.57 Å². The summed E-state index contributed by atoms with van der Waals surface area (Å²) in [7, 11) is 0. The molecule has 0 radical (unpaired) electrons. The Morgan fingerprint density at radius 1 is 1.22 bits per heavy atom. The van der Waals surface area contributed by atoms with Crippen LogP contribution in [0.5, 0.6) is 0 Å². The standard InChI is InChI=1S/C16H18N2/c1-11-16(12-6-4-3-5-7-12)14-9-8-13(17-2)10-15(14)18-11/h8-10,12,18H,3-7H2,1H3. The average Bonchev–Trinajstić information content (AvgIpc) is 2.74. The summed E-state index contributed by atoms with van der Waals surface area (Å²) < 4.78 is 0. The van der Waals surface area contributed by atoms with Crippen LogP contribution in [0.3, 0.4) is 0 Å². The van der Waals surface area contributed by atoms with Gasteiger partial charge in [0.2, 0.25) is 0 Å². The molecule has 0 bridgehead atoms. The third kappa shape index (κ3) is 1.80. The van der Waals surface area contributed by atoms with Crippen LogP contribution in [-0.4, -0.2) is 4.98 Å². The summed E-state index contributed by atoms with van der Waals surface area (Å²) in [6.07, 6.45) is 6.74. The number of rotatable bonds is 1. The van der Waals surface area contributed by atoms with Crippen LogP contribution in [0.1, 0.15) is 49.3 Å². The molecule has 3 rings (SSSR count). The van der Waals surface area contributed by atoms with Crippen LogP contribution >= 0.6 is 0 Å². The highest BCUT2D eigenvalue weighted by molar-refractivity contribution is 5.88. The van der Waals surface area contributed by atoms with E-state index < -0.39 is 0 Å². The summed E-state index contributed by atoms with van der Waals surface area (Å²) in [5.41, 5.74) is 4.64. The van der Waals surface area contributed by atoms with Gasteiger partial charge in [0, 0.05) is 16.6 Å². The zero-order valence-corrected chi connectivity index (χ0v) is 10.8. The van der Waals surface area contributed by atoms with Crippen LogP contribution in [0, 0.1) is 13.5 Å². The number of benzene rings is 1. The summed E-state index contributed by atoms with van der Waals surface area (Å²) >= 11 is 0. The number of nitrogens with zero attached hydrogens (tertiary/aromatic N) is 1. The average molecular weight is 238 g/mol. The Kier molecular flexibility index (Phi) is 2.83. The molecule has 1 aromatic heterocycles. The summed E-state index contributed by atoms with van der Waals surface area (Å²) in [5.74, 6) is 0.714. The fourth-order valence-electron chi connectivity index (χ4n) is 3.33. The van der Waals surface area contributed by atoms with Crippen molar-refractivity contribution in [2.45, 2.75) is 44.9 Å². The third-order valence-electron chi connectivity index (χ3n) is 4.16. The SMILES string of the molecule is [C-]#[N+]c1ccc2c(C3CCCCC3)c(C)[nH]c2c1. The van der Waals surface area contributed by atoms with Crippen LogP contribution < -0.4 is 0 Å². The minimum Gasteiger partial charge on any atom is -0.359 e. The van der Waals surface area contributed by atoms with Crippen LogP contribution in [0.2, 0.25) is 0 Å². The van der Waals surface area contributed by atoms with Crippen molar-refractivity contribution in [1.29, 1.82) is 0 Å². The highest BCUT2D eigenvalue weighted by Crippen LogP contribution is 2.39. The fourth-order valence-corrected chi connectivity index (χ4v) is 3.33. The molecule has 1 aliphatic rings. The molecule has 0 atom stereocenters. The first-order valence-electron chi connectivity index (χ1n) is 6.79. The lowest BCUT2D eigenvalue weighted by Gasteiger charge is -2.22. The molecule has 0 unspecified atom stereocenters. The van der Waals surface area contributed by atoms with Crippen molar-refractivity contribution in [3.05, 3.63) is 40.9 Å². The molecular weight excluding hydrogens is 220 g/mol. The highest BCUT2D eigenvalue weighted by atomic mass is 14.7. The molecular formula is C16H18N2. The normalized spacial score (nSPS) is 16.9. The molecule has 1 aromatic carbocycles. The van der Waals surface area contributed by atoms with E-state index in [1.807, 2.05) is 12.1 Å². The second-order valence-electron chi connectivity index (χ2n) is 5.34. The van der Waals surface area contributed by atoms with E-state index >= 15 is 0 Å². The number of H-pyrrole nitrogens is 1. The molecule has 1 aliphatic carbocycles. The largest absolute Gasteiger partial charge is 0.359 e. The predicted molar refractivity (Wildman–Crippen MR) is 75.1 cm³/mol. The minimum atomic E-state index is 0.714. The van der Waals surface area contributed by atoms with Crippen LogP contribution in [-0.2, 0) is 0 Å². The van der Waals surface area contributed by atoms with Crippen LogP contribution in [0.15, 0.2) is 18.2 Å². The highest BCUT2D eigenvalue weighted by Gasteiger charge is 2.21. The van der Waals surface area contributed by atoms with E-state index in [-0.39, 0.29) is 0 Å². The number of hydrogen-bond donors (Lipinski definition) is 1. The van der Waals surface area contributed by atoms with Gasteiger partial charge in [-0.05, 0) is 37.3 Å². The second-order valence-corrected chi connectivity index (χ2v) is 5.34. The van der Waals surface area contributed by atoms with Crippen molar-refractivity contribution < 1.29 is 0 Å². The number of nitrogens with one attached hydrogen (secondary N) is 1. The first-order chi connectivity index (χ1) is 8.79. The Hall–Kier alpha value is -1.75. The Balaban J connectivity index is 2.11. The van der Waals surface area contributed by atoms with Gasteiger partial charge in [0.1, 0.15) is 0 Å². The maximum absolute atomic E-state index is 7.09. The van der Waals surface area contributed by atoms with Gasteiger partial charge in [-0.3, -0.25) is 0 Å². The summed E-state index contributed by atoms with van der Waals surface area (Å²) in [5, 5.41) is 1.33. The zero-order valence-electron chi connectivity index (χ0n) is 10.8. The van der Waals surface area contributed by atoms with E-state index in [0.717, 1.165) is 11.2 Å². The molecule has 0 amide bonds. The first-order valence-corrected chi connectivity index (χ1v) is 6.79. The van der Waals surface area contributed by atoms with Gasteiger partial charge in [-0.15, -0.1) is 0 Å². The number of fused-ring (bicyclic) bond motifs is 1. The van der Waals surface area contributed by atoms with E-state index in [1.54, 1.807) is 0 Å². The third-order valence-corrected chi connectivity index (χ3v) is 4.16. The van der Waals surface area contributed by atoms with Gasteiger partial charge in [-0.1, -0.05) is 31.4 Å². The second kappa shape index (κ2) is 4.49. The van der Waals surface area contributed by atoms with E-state index in [0.29, 0.717) is 5.92 Å². The molecule has 2 heteroatoms. The molecule has 0 spiro atoms. The molecule has 2 aromatic rings. The smallest absolute Gasteiger partial charge is 0.189 e. The molecule has 0 aliphatic heterocycles. The van der Waals surface area contributed by atoms with E-state index in [1.165, 1.54) is 48.7 Å². The molecule has 2 nitrogen and oxygen atoms in total. The Bertz CT molecular complexity index is 610. The Morgan fingerprint density at radius 3 is 2.72 bits per heavy atom. The fraction of sp³-hybridized carbons (Fsp3) is 0.438. The van der Waals surface area contributed by atoms with Gasteiger partial charge in [0.25, 0.3) is 0 Å². The molecule has 1 heterocycles. The minimum absolute atomic E-state index is 0.714. The van der Waals surface area contributed by atoms with E-state index in [4.69, 9.17) is 6.57 Å². The monoisotopic (exact) mass is 238 g/mol. The molecule has 1 fully saturated rings. The first kappa shape index (κ1) is 11.3. The predicted octanol–water partition coefficient (Wildman–Crippen LogP) is 5.07. The molecule has 0 saturated heterocycles. The zero-order chi connectivity index (χ0) is 12.5. The van der Waals surface area contributed by atoms with Crippen molar-refractivity contribution in [2.75, 3.05) is 0 Å². The summed E-state index contributed by atoms with van der Waals surface area (Å²) in [4.78, 5) is 6.96. The van der Waals surface area contributed by atoms with E-state index in [9.17, 15) is 0 Å². The number of hydrogen-bond acceptors (Lipinski definition) is 0. The molecule has 18 heavy (non-hydrogen) atoms. The van der Waals surface area contributed by atoms with Crippen LogP contribution in [0.4, 0.5) is 5.69 Å². The lowest BCUT2D eigenvalue weighted by Crippen LogP contribution is -2.05. The Morgan fingerprint density at radius 2 is 2.00 bits per heavy atom. The van der Waals surface area contributed by atoms with Crippen molar-refractivity contribution in [1.82, 2.24) is 4.98 Å². The lowest BCUT2D eigenvalue weighted by atomic mass is 9.83. The summed E-state index contributed by atoms with van der Waals surface area (Å²) in [6.45, 7) is 9.25. The molecule has 92 valence electrons. The van der Waals surface area contributed by atoms with Gasteiger partial charge < -0.3 is 4.98 Å². The van der Waals surface area contributed by atoms with Crippen molar-refractivity contribution >= 4 is 16.6 Å². The molecule has 1 saturated carbocycles. The van der Waals surface area contributed by atoms with Gasteiger partial charge in [-0.2, -0.15) is 0 Å². The maximum atomic E-state index is 7.09. The maximum Gasteiger partial charge on any atom is 0.189 e. The number of aromatic nitrogens is 1. The van der Waals surface area contributed by atoms with E-state index in [2.05, 4.69) is 22.8 Å². The topological polar surface area (TPSA) is 20.1 Å². The van der Waals surface area contributed by atoms with Gasteiger partial charge in [-0.25, -0.2) is 4.85 Å². The van der Waals surface area contributed by atoms with Gasteiger partial charge in [0.15, 0.2) is 5.69 Å². The summed E-state index contributed by atoms with van der Waals surface area (Å²) in [6, 6.07) is 6.03. The van der Waals surface area contributed by atoms with Crippen molar-refractivity contribution in [2.24, 2.45) is 0 Å².